The Balaban J connectivity index is 2.03. The topological polar surface area (TPSA) is 40.5 Å². The summed E-state index contributed by atoms with van der Waals surface area (Å²) in [4.78, 5) is 0. The summed E-state index contributed by atoms with van der Waals surface area (Å²) in [6.45, 7) is 2.11. The molecule has 1 aliphatic carbocycles. The Labute approximate surface area is 84.2 Å². The van der Waals surface area contributed by atoms with Crippen molar-refractivity contribution < 1.29 is 10.2 Å². The maximum atomic E-state index is 9.91. The maximum Gasteiger partial charge on any atom is 0.115 e. The van der Waals surface area contributed by atoms with Crippen LogP contribution in [0, 0.1) is 5.41 Å². The normalized spacial score (nSPS) is 20.4. The molecule has 1 fully saturated rings. The van der Waals surface area contributed by atoms with Crippen LogP contribution in [-0.4, -0.2) is 16.3 Å². The Morgan fingerprint density at radius 2 is 2.14 bits per heavy atom. The lowest BCUT2D eigenvalue weighted by atomic mass is 9.95. The minimum atomic E-state index is -0.274. The fraction of sp³-hybridized carbons (Fsp3) is 0.500. The van der Waals surface area contributed by atoms with E-state index < -0.39 is 0 Å². The highest BCUT2D eigenvalue weighted by Crippen LogP contribution is 2.48. The van der Waals surface area contributed by atoms with Gasteiger partial charge < -0.3 is 10.2 Å². The van der Waals surface area contributed by atoms with E-state index in [-0.39, 0.29) is 17.3 Å². The van der Waals surface area contributed by atoms with Gasteiger partial charge in [0.15, 0.2) is 0 Å². The van der Waals surface area contributed by atoms with E-state index in [0.29, 0.717) is 6.42 Å². The molecule has 0 saturated heterocycles. The zero-order valence-corrected chi connectivity index (χ0v) is 8.40. The smallest absolute Gasteiger partial charge is 0.115 e. The molecule has 0 aliphatic heterocycles. The summed E-state index contributed by atoms with van der Waals surface area (Å²) >= 11 is 0. The number of aliphatic hydroxyl groups excluding tert-OH is 1. The first-order chi connectivity index (χ1) is 6.60. The Bertz CT molecular complexity index is 329. The summed E-state index contributed by atoms with van der Waals surface area (Å²) < 4.78 is 0. The van der Waals surface area contributed by atoms with Gasteiger partial charge in [-0.15, -0.1) is 0 Å². The van der Waals surface area contributed by atoms with Gasteiger partial charge in [0.05, 0.1) is 6.10 Å². The van der Waals surface area contributed by atoms with E-state index in [2.05, 4.69) is 6.92 Å². The third-order valence-corrected chi connectivity index (χ3v) is 3.18. The van der Waals surface area contributed by atoms with Crippen LogP contribution in [0.15, 0.2) is 24.3 Å². The van der Waals surface area contributed by atoms with Gasteiger partial charge in [-0.05, 0) is 42.4 Å². The molecule has 0 amide bonds. The largest absolute Gasteiger partial charge is 0.508 e. The molecule has 1 saturated carbocycles. The highest BCUT2D eigenvalue weighted by atomic mass is 16.3. The molecule has 2 heteroatoms. The number of rotatable bonds is 3. The molecule has 76 valence electrons. The van der Waals surface area contributed by atoms with Gasteiger partial charge in [-0.3, -0.25) is 0 Å². The lowest BCUT2D eigenvalue weighted by molar-refractivity contribution is 0.103. The molecule has 1 aromatic rings. The minimum absolute atomic E-state index is 0.130. The lowest BCUT2D eigenvalue weighted by Crippen LogP contribution is -2.21. The summed E-state index contributed by atoms with van der Waals surface area (Å²) in [7, 11) is 0. The number of phenols is 1. The molecule has 1 aliphatic rings. The van der Waals surface area contributed by atoms with Crippen molar-refractivity contribution in [2.24, 2.45) is 5.41 Å². The summed E-state index contributed by atoms with van der Waals surface area (Å²) in [6, 6.07) is 7.12. The van der Waals surface area contributed by atoms with Crippen molar-refractivity contribution in [2.75, 3.05) is 0 Å². The minimum Gasteiger partial charge on any atom is -0.508 e. The maximum absolute atomic E-state index is 9.91. The van der Waals surface area contributed by atoms with Gasteiger partial charge in [-0.1, -0.05) is 19.1 Å². The van der Waals surface area contributed by atoms with E-state index in [0.717, 1.165) is 18.4 Å². The average Bonchev–Trinajstić information content (AvgIpc) is 2.85. The van der Waals surface area contributed by atoms with Crippen LogP contribution in [0.1, 0.15) is 25.3 Å². The molecule has 14 heavy (non-hydrogen) atoms. The van der Waals surface area contributed by atoms with Crippen molar-refractivity contribution in [1.82, 2.24) is 0 Å². The van der Waals surface area contributed by atoms with Gasteiger partial charge in [0.25, 0.3) is 0 Å². The first kappa shape index (κ1) is 9.53. The Hall–Kier alpha value is -1.02. The lowest BCUT2D eigenvalue weighted by Gasteiger charge is -2.17. The van der Waals surface area contributed by atoms with Crippen LogP contribution >= 0.6 is 0 Å². The fourth-order valence-electron chi connectivity index (χ4n) is 1.68. The van der Waals surface area contributed by atoms with Gasteiger partial charge in [0.1, 0.15) is 5.75 Å². The second-order valence-corrected chi connectivity index (χ2v) is 4.54. The van der Waals surface area contributed by atoms with Crippen LogP contribution in [0.4, 0.5) is 0 Å². The number of aromatic hydroxyl groups is 1. The van der Waals surface area contributed by atoms with E-state index in [9.17, 15) is 10.2 Å². The molecule has 0 heterocycles. The molecular weight excluding hydrogens is 176 g/mol. The fourth-order valence-corrected chi connectivity index (χ4v) is 1.68. The molecule has 1 aromatic carbocycles. The van der Waals surface area contributed by atoms with E-state index in [4.69, 9.17) is 0 Å². The number of hydrogen-bond acceptors (Lipinski definition) is 2. The van der Waals surface area contributed by atoms with Crippen molar-refractivity contribution >= 4 is 0 Å². The Morgan fingerprint density at radius 1 is 1.43 bits per heavy atom. The van der Waals surface area contributed by atoms with E-state index >= 15 is 0 Å². The summed E-state index contributed by atoms with van der Waals surface area (Å²) in [5.41, 5.74) is 1.14. The zero-order valence-electron chi connectivity index (χ0n) is 8.40. The van der Waals surface area contributed by atoms with Crippen LogP contribution in [0.5, 0.6) is 5.75 Å². The number of benzene rings is 1. The number of phenolic OH excluding ortho intramolecular Hbond substituents is 1. The molecule has 0 radical (unpaired) electrons. The quantitative estimate of drug-likeness (QED) is 0.770. The molecule has 2 N–H and O–H groups in total. The van der Waals surface area contributed by atoms with Gasteiger partial charge in [0, 0.05) is 0 Å². The van der Waals surface area contributed by atoms with E-state index in [1.807, 2.05) is 12.1 Å². The molecule has 1 unspecified atom stereocenters. The van der Waals surface area contributed by atoms with Crippen LogP contribution in [0.25, 0.3) is 0 Å². The van der Waals surface area contributed by atoms with Gasteiger partial charge in [-0.2, -0.15) is 0 Å². The van der Waals surface area contributed by atoms with Gasteiger partial charge in [0.2, 0.25) is 0 Å². The Kier molecular flexibility index (Phi) is 2.23. The number of hydrogen-bond donors (Lipinski definition) is 2. The van der Waals surface area contributed by atoms with Crippen molar-refractivity contribution in [3.05, 3.63) is 29.8 Å². The number of aliphatic hydroxyl groups is 1. The van der Waals surface area contributed by atoms with E-state index in [1.54, 1.807) is 12.1 Å². The predicted molar refractivity (Wildman–Crippen MR) is 55.2 cm³/mol. The SMILES string of the molecule is CC1(C(O)Cc2cccc(O)c2)CC1. The highest BCUT2D eigenvalue weighted by Gasteiger charge is 2.43. The Morgan fingerprint density at radius 3 is 2.71 bits per heavy atom. The summed E-state index contributed by atoms with van der Waals surface area (Å²) in [5, 5.41) is 19.2. The molecule has 2 nitrogen and oxygen atoms in total. The first-order valence-electron chi connectivity index (χ1n) is 5.06. The second kappa shape index (κ2) is 3.28. The van der Waals surface area contributed by atoms with Crippen molar-refractivity contribution in [3.63, 3.8) is 0 Å². The first-order valence-corrected chi connectivity index (χ1v) is 5.06. The third kappa shape index (κ3) is 1.90. The van der Waals surface area contributed by atoms with Gasteiger partial charge in [-0.25, -0.2) is 0 Å². The van der Waals surface area contributed by atoms with Crippen molar-refractivity contribution in [2.45, 2.75) is 32.3 Å². The van der Waals surface area contributed by atoms with Crippen LogP contribution < -0.4 is 0 Å². The highest BCUT2D eigenvalue weighted by molar-refractivity contribution is 5.28. The van der Waals surface area contributed by atoms with Crippen LogP contribution in [0.2, 0.25) is 0 Å². The van der Waals surface area contributed by atoms with Crippen molar-refractivity contribution in [1.29, 1.82) is 0 Å². The molecule has 0 bridgehead atoms. The second-order valence-electron chi connectivity index (χ2n) is 4.54. The van der Waals surface area contributed by atoms with E-state index in [1.165, 1.54) is 0 Å². The molecule has 0 spiro atoms. The monoisotopic (exact) mass is 192 g/mol. The summed E-state index contributed by atoms with van der Waals surface area (Å²) in [5.74, 6) is 0.274. The molecular formula is C12H16O2. The zero-order chi connectivity index (χ0) is 10.2. The molecule has 0 aromatic heterocycles. The van der Waals surface area contributed by atoms with Crippen LogP contribution in [0.3, 0.4) is 0 Å². The van der Waals surface area contributed by atoms with Crippen molar-refractivity contribution in [3.8, 4) is 5.75 Å². The third-order valence-electron chi connectivity index (χ3n) is 3.18. The summed E-state index contributed by atoms with van der Waals surface area (Å²) in [6.07, 6.45) is 2.61. The molecule has 2 rings (SSSR count). The predicted octanol–water partition coefficient (Wildman–Crippen LogP) is 2.10. The van der Waals surface area contributed by atoms with Crippen LogP contribution in [-0.2, 0) is 6.42 Å². The standard InChI is InChI=1S/C12H16O2/c1-12(5-6-12)11(14)8-9-3-2-4-10(13)7-9/h2-4,7,11,13-14H,5-6,8H2,1H3. The molecule has 1 atom stereocenters. The average molecular weight is 192 g/mol. The van der Waals surface area contributed by atoms with Gasteiger partial charge >= 0.3 is 0 Å².